The topological polar surface area (TPSA) is 92.1 Å². The Morgan fingerprint density at radius 2 is 2.15 bits per heavy atom. The number of hydrogen-bond donors (Lipinski definition) is 1. The summed E-state index contributed by atoms with van der Waals surface area (Å²) in [6.07, 6.45) is 2.87. The molecule has 1 saturated heterocycles. The minimum Gasteiger partial charge on any atom is -0.381 e. The third-order valence-corrected chi connectivity index (χ3v) is 4.94. The maximum Gasteiger partial charge on any atom is 0.242 e. The maximum absolute atomic E-state index is 12.2. The SMILES string of the molecule is CC1(CNS(=O)(=O)c2ccc(C#N)nc2)CCOCC1. The average Bonchev–Trinajstić information content (AvgIpc) is 2.46. The molecule has 1 aliphatic rings. The normalized spacial score (nSPS) is 18.4. The Balaban J connectivity index is 2.05. The summed E-state index contributed by atoms with van der Waals surface area (Å²) in [4.78, 5) is 3.85. The van der Waals surface area contributed by atoms with Gasteiger partial charge in [0.2, 0.25) is 10.0 Å². The van der Waals surface area contributed by atoms with Crippen LogP contribution >= 0.6 is 0 Å². The summed E-state index contributed by atoms with van der Waals surface area (Å²) in [7, 11) is -3.59. The quantitative estimate of drug-likeness (QED) is 0.896. The van der Waals surface area contributed by atoms with Gasteiger partial charge in [-0.15, -0.1) is 0 Å². The monoisotopic (exact) mass is 295 g/mol. The van der Waals surface area contributed by atoms with E-state index in [0.717, 1.165) is 12.8 Å². The summed E-state index contributed by atoms with van der Waals surface area (Å²) in [6, 6.07) is 4.64. The molecule has 2 heterocycles. The first-order chi connectivity index (χ1) is 9.45. The second-order valence-electron chi connectivity index (χ2n) is 5.24. The van der Waals surface area contributed by atoms with Gasteiger partial charge in [0, 0.05) is 26.0 Å². The lowest BCUT2D eigenvalue weighted by Gasteiger charge is -2.33. The van der Waals surface area contributed by atoms with Gasteiger partial charge in [0.25, 0.3) is 0 Å². The van der Waals surface area contributed by atoms with Crippen molar-refractivity contribution in [3.8, 4) is 6.07 Å². The molecule has 1 aliphatic heterocycles. The van der Waals surface area contributed by atoms with Gasteiger partial charge in [-0.2, -0.15) is 5.26 Å². The van der Waals surface area contributed by atoms with Crippen molar-refractivity contribution < 1.29 is 13.2 Å². The third kappa shape index (κ3) is 3.54. The van der Waals surface area contributed by atoms with Crippen molar-refractivity contribution in [3.05, 3.63) is 24.0 Å². The van der Waals surface area contributed by atoms with E-state index in [9.17, 15) is 8.42 Å². The fraction of sp³-hybridized carbons (Fsp3) is 0.538. The molecular weight excluding hydrogens is 278 g/mol. The highest BCUT2D eigenvalue weighted by Gasteiger charge is 2.29. The van der Waals surface area contributed by atoms with Crippen LogP contribution in [0.5, 0.6) is 0 Å². The molecule has 0 radical (unpaired) electrons. The van der Waals surface area contributed by atoms with Crippen molar-refractivity contribution in [1.82, 2.24) is 9.71 Å². The molecule has 1 N–H and O–H groups in total. The number of aromatic nitrogens is 1. The van der Waals surface area contributed by atoms with Gasteiger partial charge in [-0.25, -0.2) is 18.1 Å². The van der Waals surface area contributed by atoms with E-state index in [2.05, 4.69) is 16.6 Å². The van der Waals surface area contributed by atoms with Crippen molar-refractivity contribution in [3.63, 3.8) is 0 Å². The highest BCUT2D eigenvalue weighted by Crippen LogP contribution is 2.29. The van der Waals surface area contributed by atoms with Crippen molar-refractivity contribution >= 4 is 10.0 Å². The van der Waals surface area contributed by atoms with Gasteiger partial charge in [0.05, 0.1) is 0 Å². The van der Waals surface area contributed by atoms with Crippen LogP contribution in [0.2, 0.25) is 0 Å². The molecule has 0 aliphatic carbocycles. The lowest BCUT2D eigenvalue weighted by Crippen LogP contribution is -2.39. The van der Waals surface area contributed by atoms with Crippen LogP contribution in [0.1, 0.15) is 25.5 Å². The fourth-order valence-electron chi connectivity index (χ4n) is 2.00. The smallest absolute Gasteiger partial charge is 0.242 e. The van der Waals surface area contributed by atoms with Crippen molar-refractivity contribution in [2.75, 3.05) is 19.8 Å². The number of sulfonamides is 1. The molecule has 7 heteroatoms. The Labute approximate surface area is 118 Å². The standard InChI is InChI=1S/C13H17N3O3S/c1-13(4-6-19-7-5-13)10-16-20(17,18)12-3-2-11(8-14)15-9-12/h2-3,9,16H,4-7,10H2,1H3. The molecule has 2 rings (SSSR count). The molecule has 1 fully saturated rings. The summed E-state index contributed by atoms with van der Waals surface area (Å²) in [5, 5.41) is 8.65. The molecule has 1 aromatic heterocycles. The van der Waals surface area contributed by atoms with Crippen LogP contribution in [0.4, 0.5) is 0 Å². The average molecular weight is 295 g/mol. The maximum atomic E-state index is 12.2. The summed E-state index contributed by atoms with van der Waals surface area (Å²) in [6.45, 7) is 3.75. The highest BCUT2D eigenvalue weighted by atomic mass is 32.2. The molecule has 0 atom stereocenters. The van der Waals surface area contributed by atoms with Gasteiger partial charge in [0.15, 0.2) is 0 Å². The molecule has 6 nitrogen and oxygen atoms in total. The van der Waals surface area contributed by atoms with E-state index in [1.54, 1.807) is 0 Å². The largest absolute Gasteiger partial charge is 0.381 e. The number of nitrogens with one attached hydrogen (secondary N) is 1. The first-order valence-corrected chi connectivity index (χ1v) is 7.87. The van der Waals surface area contributed by atoms with Crippen LogP contribution in [0.25, 0.3) is 0 Å². The molecular formula is C13H17N3O3S. The Morgan fingerprint density at radius 1 is 1.45 bits per heavy atom. The van der Waals surface area contributed by atoms with Crippen LogP contribution in [-0.4, -0.2) is 33.2 Å². The third-order valence-electron chi connectivity index (χ3n) is 3.55. The van der Waals surface area contributed by atoms with E-state index < -0.39 is 10.0 Å². The van der Waals surface area contributed by atoms with Crippen molar-refractivity contribution in [1.29, 1.82) is 5.26 Å². The van der Waals surface area contributed by atoms with Crippen LogP contribution < -0.4 is 4.72 Å². The van der Waals surface area contributed by atoms with Gasteiger partial charge in [-0.1, -0.05) is 6.92 Å². The number of ether oxygens (including phenoxy) is 1. The summed E-state index contributed by atoms with van der Waals surface area (Å²) in [5.41, 5.74) is 0.117. The Morgan fingerprint density at radius 3 is 2.70 bits per heavy atom. The second kappa shape index (κ2) is 5.87. The zero-order chi connectivity index (χ0) is 14.6. The van der Waals surface area contributed by atoms with Crippen LogP contribution in [0.3, 0.4) is 0 Å². The zero-order valence-electron chi connectivity index (χ0n) is 11.3. The van der Waals surface area contributed by atoms with Crippen molar-refractivity contribution in [2.24, 2.45) is 5.41 Å². The molecule has 0 spiro atoms. The molecule has 20 heavy (non-hydrogen) atoms. The van der Waals surface area contributed by atoms with E-state index in [0.29, 0.717) is 19.8 Å². The number of nitrogens with zero attached hydrogens (tertiary/aromatic N) is 2. The van der Waals surface area contributed by atoms with Crippen LogP contribution in [0.15, 0.2) is 23.2 Å². The predicted octanol–water partition coefficient (Wildman–Crippen LogP) is 1.05. The first kappa shape index (κ1) is 14.9. The zero-order valence-corrected chi connectivity index (χ0v) is 12.1. The van der Waals surface area contributed by atoms with Crippen molar-refractivity contribution in [2.45, 2.75) is 24.7 Å². The molecule has 0 amide bonds. The van der Waals surface area contributed by atoms with Gasteiger partial charge >= 0.3 is 0 Å². The summed E-state index contributed by atoms with van der Waals surface area (Å²) >= 11 is 0. The highest BCUT2D eigenvalue weighted by molar-refractivity contribution is 7.89. The van der Waals surface area contributed by atoms with Crippen LogP contribution in [-0.2, 0) is 14.8 Å². The van der Waals surface area contributed by atoms with Gasteiger partial charge in [-0.05, 0) is 30.4 Å². The molecule has 0 aromatic carbocycles. The molecule has 1 aromatic rings. The minimum atomic E-state index is -3.59. The van der Waals surface area contributed by atoms with E-state index >= 15 is 0 Å². The summed E-state index contributed by atoms with van der Waals surface area (Å²) < 4.78 is 32.2. The number of hydrogen-bond acceptors (Lipinski definition) is 5. The Kier molecular flexibility index (Phi) is 4.38. The molecule has 108 valence electrons. The predicted molar refractivity (Wildman–Crippen MR) is 72.3 cm³/mol. The fourth-order valence-corrected chi connectivity index (χ4v) is 3.14. The molecule has 0 bridgehead atoms. The molecule has 0 unspecified atom stereocenters. The second-order valence-corrected chi connectivity index (χ2v) is 7.01. The van der Waals surface area contributed by atoms with E-state index in [-0.39, 0.29) is 16.0 Å². The Bertz CT molecular complexity index is 599. The van der Waals surface area contributed by atoms with Gasteiger partial charge < -0.3 is 4.74 Å². The number of nitriles is 1. The first-order valence-electron chi connectivity index (χ1n) is 6.39. The Hall–Kier alpha value is -1.49. The lowest BCUT2D eigenvalue weighted by molar-refractivity contribution is 0.0264. The summed E-state index contributed by atoms with van der Waals surface area (Å²) in [5.74, 6) is 0. The van der Waals surface area contributed by atoms with E-state index in [1.165, 1.54) is 18.3 Å². The van der Waals surface area contributed by atoms with Gasteiger partial charge in [0.1, 0.15) is 16.7 Å². The molecule has 0 saturated carbocycles. The number of pyridine rings is 1. The lowest BCUT2D eigenvalue weighted by atomic mass is 9.83. The van der Waals surface area contributed by atoms with E-state index in [4.69, 9.17) is 10.00 Å². The van der Waals surface area contributed by atoms with E-state index in [1.807, 2.05) is 6.07 Å². The minimum absolute atomic E-state index is 0.0761. The van der Waals surface area contributed by atoms with Crippen LogP contribution in [0, 0.1) is 16.7 Å². The number of rotatable bonds is 4. The van der Waals surface area contributed by atoms with Gasteiger partial charge in [-0.3, -0.25) is 0 Å².